The van der Waals surface area contributed by atoms with Gasteiger partial charge in [-0.15, -0.1) is 0 Å². The van der Waals surface area contributed by atoms with Crippen molar-refractivity contribution in [3.63, 3.8) is 0 Å². The molecule has 1 aromatic carbocycles. The van der Waals surface area contributed by atoms with Gasteiger partial charge in [0.25, 0.3) is 5.91 Å². The maximum atomic E-state index is 13.6. The molecular formula is C22H23ClF2N4O2. The molecule has 0 fully saturated rings. The number of para-hydroxylation sites is 1. The van der Waals surface area contributed by atoms with Crippen molar-refractivity contribution in [1.82, 2.24) is 15.2 Å². The first kappa shape index (κ1) is 22.7. The van der Waals surface area contributed by atoms with Crippen molar-refractivity contribution in [1.29, 1.82) is 0 Å². The molecule has 0 saturated carbocycles. The molecule has 1 aromatic heterocycles. The topological polar surface area (TPSA) is 74.3 Å². The van der Waals surface area contributed by atoms with Gasteiger partial charge in [0.15, 0.2) is 0 Å². The molecule has 1 aliphatic heterocycles. The van der Waals surface area contributed by atoms with E-state index in [2.05, 4.69) is 15.6 Å². The van der Waals surface area contributed by atoms with Crippen LogP contribution < -0.4 is 10.6 Å². The summed E-state index contributed by atoms with van der Waals surface area (Å²) in [5, 5.41) is 4.61. The Morgan fingerprint density at radius 2 is 1.84 bits per heavy atom. The van der Waals surface area contributed by atoms with Gasteiger partial charge in [-0.2, -0.15) is 0 Å². The number of aromatic nitrogens is 1. The molecule has 0 aliphatic carbocycles. The van der Waals surface area contributed by atoms with Crippen molar-refractivity contribution in [3.8, 4) is 0 Å². The predicted molar refractivity (Wildman–Crippen MR) is 115 cm³/mol. The van der Waals surface area contributed by atoms with E-state index in [1.165, 1.54) is 11.6 Å². The van der Waals surface area contributed by atoms with Gasteiger partial charge in [-0.1, -0.05) is 23.2 Å². The standard InChI is InChI=1S/C22H23ClF2N4O2/c1-13-6-3-4-11-29(14(13)2)21(30)16-10-9-15(27-20(16)23)12-26-22(31)28-19-17(24)7-5-8-18(19)25/h5,7-10H,3-4,6,11-12H2,1-2H3,(H2,26,28,31). The smallest absolute Gasteiger partial charge is 0.319 e. The van der Waals surface area contributed by atoms with E-state index in [9.17, 15) is 18.4 Å². The van der Waals surface area contributed by atoms with E-state index in [-0.39, 0.29) is 23.2 Å². The minimum absolute atomic E-state index is 0.0274. The number of hydrogen-bond donors (Lipinski definition) is 2. The van der Waals surface area contributed by atoms with Crippen LogP contribution in [0.2, 0.25) is 5.15 Å². The Bertz CT molecular complexity index is 1020. The lowest BCUT2D eigenvalue weighted by Crippen LogP contribution is -2.31. The predicted octanol–water partition coefficient (Wildman–Crippen LogP) is 5.25. The largest absolute Gasteiger partial charge is 0.332 e. The Hall–Kier alpha value is -3.00. The molecule has 9 heteroatoms. The monoisotopic (exact) mass is 448 g/mol. The molecule has 0 saturated heterocycles. The van der Waals surface area contributed by atoms with E-state index in [0.29, 0.717) is 12.2 Å². The number of benzene rings is 1. The molecule has 0 bridgehead atoms. The van der Waals surface area contributed by atoms with E-state index < -0.39 is 23.4 Å². The molecule has 164 valence electrons. The summed E-state index contributed by atoms with van der Waals surface area (Å²) < 4.78 is 27.3. The highest BCUT2D eigenvalue weighted by atomic mass is 35.5. The Morgan fingerprint density at radius 1 is 1.13 bits per heavy atom. The molecule has 2 N–H and O–H groups in total. The molecule has 0 atom stereocenters. The summed E-state index contributed by atoms with van der Waals surface area (Å²) >= 11 is 6.25. The molecule has 3 rings (SSSR count). The quantitative estimate of drug-likeness (QED) is 0.627. The van der Waals surface area contributed by atoms with Crippen molar-refractivity contribution in [2.45, 2.75) is 39.7 Å². The number of allylic oxidation sites excluding steroid dienone is 2. The molecule has 0 spiro atoms. The Kier molecular flexibility index (Phi) is 7.22. The van der Waals surface area contributed by atoms with Crippen LogP contribution in [0.15, 0.2) is 41.6 Å². The number of anilines is 1. The Morgan fingerprint density at radius 3 is 2.52 bits per heavy atom. The van der Waals surface area contributed by atoms with E-state index in [1.54, 1.807) is 17.0 Å². The number of rotatable bonds is 4. The first-order valence-electron chi connectivity index (χ1n) is 9.90. The van der Waals surface area contributed by atoms with Crippen LogP contribution in [0.4, 0.5) is 19.3 Å². The Labute approximate surface area is 184 Å². The van der Waals surface area contributed by atoms with Crippen molar-refractivity contribution in [3.05, 3.63) is 69.6 Å². The van der Waals surface area contributed by atoms with E-state index >= 15 is 0 Å². The zero-order chi connectivity index (χ0) is 22.5. The van der Waals surface area contributed by atoms with Crippen LogP contribution in [0.3, 0.4) is 0 Å². The molecule has 31 heavy (non-hydrogen) atoms. The highest BCUT2D eigenvalue weighted by molar-refractivity contribution is 6.32. The summed E-state index contributed by atoms with van der Waals surface area (Å²) in [7, 11) is 0. The average molecular weight is 449 g/mol. The van der Waals surface area contributed by atoms with E-state index in [1.807, 2.05) is 13.8 Å². The zero-order valence-electron chi connectivity index (χ0n) is 17.3. The van der Waals surface area contributed by atoms with Gasteiger partial charge in [-0.3, -0.25) is 4.79 Å². The highest BCUT2D eigenvalue weighted by Crippen LogP contribution is 2.25. The molecular weight excluding hydrogens is 426 g/mol. The fourth-order valence-electron chi connectivity index (χ4n) is 3.31. The molecule has 0 unspecified atom stereocenters. The van der Waals surface area contributed by atoms with Crippen molar-refractivity contribution < 1.29 is 18.4 Å². The third kappa shape index (κ3) is 5.38. The van der Waals surface area contributed by atoms with Crippen molar-refractivity contribution >= 4 is 29.2 Å². The van der Waals surface area contributed by atoms with Gasteiger partial charge in [0, 0.05) is 12.2 Å². The van der Waals surface area contributed by atoms with Crippen LogP contribution in [-0.2, 0) is 6.54 Å². The van der Waals surface area contributed by atoms with Gasteiger partial charge in [-0.05, 0) is 57.4 Å². The number of nitrogens with one attached hydrogen (secondary N) is 2. The highest BCUT2D eigenvalue weighted by Gasteiger charge is 2.23. The molecule has 6 nitrogen and oxygen atoms in total. The molecule has 2 aromatic rings. The van der Waals surface area contributed by atoms with Crippen LogP contribution in [0.25, 0.3) is 0 Å². The molecule has 2 heterocycles. The number of halogens is 3. The number of carbonyl (C=O) groups is 2. The third-order valence-corrected chi connectivity index (χ3v) is 5.51. The van der Waals surface area contributed by atoms with Gasteiger partial charge in [0.1, 0.15) is 22.5 Å². The number of urea groups is 1. The summed E-state index contributed by atoms with van der Waals surface area (Å²) in [5.41, 5.74) is 2.24. The number of amides is 3. The van der Waals surface area contributed by atoms with Crippen molar-refractivity contribution in [2.24, 2.45) is 0 Å². The fraction of sp³-hybridized carbons (Fsp3) is 0.318. The Balaban J connectivity index is 1.66. The number of hydrogen-bond acceptors (Lipinski definition) is 3. The van der Waals surface area contributed by atoms with E-state index in [0.717, 1.165) is 37.1 Å². The van der Waals surface area contributed by atoms with Crippen LogP contribution in [-0.4, -0.2) is 28.4 Å². The molecule has 3 amide bonds. The van der Waals surface area contributed by atoms with Crippen LogP contribution in [0.1, 0.15) is 49.2 Å². The summed E-state index contributed by atoms with van der Waals surface area (Å²) in [6.45, 7) is 4.52. The summed E-state index contributed by atoms with van der Waals surface area (Å²) in [5.74, 6) is -1.98. The first-order valence-corrected chi connectivity index (χ1v) is 10.3. The van der Waals surface area contributed by atoms with E-state index in [4.69, 9.17) is 11.6 Å². The summed E-state index contributed by atoms with van der Waals surface area (Å²) in [4.78, 5) is 30.9. The van der Waals surface area contributed by atoms with Crippen LogP contribution in [0.5, 0.6) is 0 Å². The summed E-state index contributed by atoms with van der Waals surface area (Å²) in [6, 6.07) is 5.62. The number of nitrogens with zero attached hydrogens (tertiary/aromatic N) is 2. The molecule has 0 radical (unpaired) electrons. The zero-order valence-corrected chi connectivity index (χ0v) is 18.0. The van der Waals surface area contributed by atoms with Gasteiger partial charge < -0.3 is 15.5 Å². The minimum atomic E-state index is -0.882. The number of carbonyl (C=O) groups excluding carboxylic acids is 2. The lowest BCUT2D eigenvalue weighted by atomic mass is 10.1. The van der Waals surface area contributed by atoms with Crippen LogP contribution >= 0.6 is 11.6 Å². The second kappa shape index (κ2) is 9.87. The minimum Gasteiger partial charge on any atom is -0.332 e. The van der Waals surface area contributed by atoms with Gasteiger partial charge in [-0.25, -0.2) is 18.6 Å². The van der Waals surface area contributed by atoms with Gasteiger partial charge in [0.2, 0.25) is 0 Å². The van der Waals surface area contributed by atoms with Gasteiger partial charge in [0.05, 0.1) is 17.8 Å². The number of pyridine rings is 1. The van der Waals surface area contributed by atoms with Crippen molar-refractivity contribution in [2.75, 3.05) is 11.9 Å². The summed E-state index contributed by atoms with van der Waals surface area (Å²) in [6.07, 6.45) is 2.90. The lowest BCUT2D eigenvalue weighted by molar-refractivity contribution is 0.0805. The fourth-order valence-corrected chi connectivity index (χ4v) is 3.57. The first-order chi connectivity index (χ1) is 14.8. The lowest BCUT2D eigenvalue weighted by Gasteiger charge is -2.23. The second-order valence-electron chi connectivity index (χ2n) is 7.32. The average Bonchev–Trinajstić information content (AvgIpc) is 2.90. The van der Waals surface area contributed by atoms with Crippen LogP contribution in [0, 0.1) is 11.6 Å². The SMILES string of the molecule is CC1=C(C)N(C(=O)c2ccc(CNC(=O)Nc3c(F)cccc3F)nc2Cl)CCCC1. The maximum absolute atomic E-state index is 13.6. The normalized spacial score (nSPS) is 14.3. The third-order valence-electron chi connectivity index (χ3n) is 5.22. The van der Waals surface area contributed by atoms with Gasteiger partial charge >= 0.3 is 6.03 Å². The maximum Gasteiger partial charge on any atom is 0.319 e. The molecule has 1 aliphatic rings. The second-order valence-corrected chi connectivity index (χ2v) is 7.68.